The molecule has 0 atom stereocenters. The highest BCUT2D eigenvalue weighted by molar-refractivity contribution is 5.60. The van der Waals surface area contributed by atoms with Crippen LogP contribution in [0.1, 0.15) is 5.69 Å². The third-order valence-electron chi connectivity index (χ3n) is 1.05. The molecule has 0 aliphatic carbocycles. The first-order chi connectivity index (χ1) is 5.18. The van der Waals surface area contributed by atoms with Crippen LogP contribution in [0.4, 0.5) is 4.79 Å². The van der Waals surface area contributed by atoms with Gasteiger partial charge in [-0.05, 0) is 13.0 Å². The van der Waals surface area contributed by atoms with Gasteiger partial charge in [0.25, 0.3) is 0 Å². The van der Waals surface area contributed by atoms with Crippen LogP contribution in [0, 0.1) is 6.92 Å². The zero-order chi connectivity index (χ0) is 8.27. The molecule has 1 aromatic heterocycles. The van der Waals surface area contributed by atoms with Crippen molar-refractivity contribution in [3.63, 3.8) is 0 Å². The van der Waals surface area contributed by atoms with Crippen LogP contribution in [0.2, 0.25) is 0 Å². The van der Waals surface area contributed by atoms with E-state index in [2.05, 4.69) is 9.72 Å². The number of hydrogen-bond donors (Lipinski definition) is 1. The first-order valence-electron chi connectivity index (χ1n) is 3.03. The first kappa shape index (κ1) is 7.53. The number of nitrogens with zero attached hydrogens (tertiary/aromatic N) is 1. The van der Waals surface area contributed by atoms with Crippen molar-refractivity contribution in [2.24, 2.45) is 0 Å². The van der Waals surface area contributed by atoms with E-state index in [0.717, 1.165) is 5.69 Å². The lowest BCUT2D eigenvalue weighted by molar-refractivity contribution is 0.142. The smallest absolute Gasteiger partial charge is 0.449 e. The van der Waals surface area contributed by atoms with Gasteiger partial charge >= 0.3 is 6.16 Å². The van der Waals surface area contributed by atoms with Gasteiger partial charge in [-0.15, -0.1) is 0 Å². The summed E-state index contributed by atoms with van der Waals surface area (Å²) < 4.78 is 4.30. The lowest BCUT2D eigenvalue weighted by Gasteiger charge is -1.97. The summed E-state index contributed by atoms with van der Waals surface area (Å²) in [5, 5.41) is 8.20. The second kappa shape index (κ2) is 3.01. The summed E-state index contributed by atoms with van der Waals surface area (Å²) in [6.07, 6.45) is -1.34. The molecule has 1 aromatic rings. The molecule has 0 aromatic carbocycles. The van der Waals surface area contributed by atoms with Crippen molar-refractivity contribution in [2.75, 3.05) is 0 Å². The fourth-order valence-electron chi connectivity index (χ4n) is 0.664. The second-order valence-electron chi connectivity index (χ2n) is 1.99. The van der Waals surface area contributed by atoms with Crippen LogP contribution in [0.15, 0.2) is 18.2 Å². The number of pyridine rings is 1. The minimum Gasteiger partial charge on any atom is -0.449 e. The summed E-state index contributed by atoms with van der Waals surface area (Å²) in [6.45, 7) is 1.76. The van der Waals surface area contributed by atoms with Gasteiger partial charge < -0.3 is 9.84 Å². The van der Waals surface area contributed by atoms with E-state index in [0.29, 0.717) is 0 Å². The highest BCUT2D eigenvalue weighted by Gasteiger charge is 2.00. The zero-order valence-electron chi connectivity index (χ0n) is 5.94. The lowest BCUT2D eigenvalue weighted by Crippen LogP contribution is -2.04. The number of carboxylic acid groups (broad SMARTS) is 1. The molecule has 0 radical (unpaired) electrons. The first-order valence-corrected chi connectivity index (χ1v) is 3.03. The van der Waals surface area contributed by atoms with E-state index in [-0.39, 0.29) is 5.88 Å². The Morgan fingerprint density at radius 1 is 1.64 bits per heavy atom. The van der Waals surface area contributed by atoms with E-state index in [1.165, 1.54) is 6.07 Å². The highest BCUT2D eigenvalue weighted by Crippen LogP contribution is 2.06. The molecule has 0 saturated heterocycles. The predicted molar refractivity (Wildman–Crippen MR) is 37.6 cm³/mol. The Balaban J connectivity index is 2.79. The molecule has 0 unspecified atom stereocenters. The van der Waals surface area contributed by atoms with Crippen LogP contribution in [0.5, 0.6) is 5.88 Å². The summed E-state index contributed by atoms with van der Waals surface area (Å²) in [7, 11) is 0. The predicted octanol–water partition coefficient (Wildman–Crippen LogP) is 1.45. The number of carbonyl (C=O) groups is 1. The van der Waals surface area contributed by atoms with Crippen LogP contribution in [-0.4, -0.2) is 16.2 Å². The molecule has 4 heteroatoms. The lowest BCUT2D eigenvalue weighted by atomic mass is 10.4. The summed E-state index contributed by atoms with van der Waals surface area (Å²) >= 11 is 0. The summed E-state index contributed by atoms with van der Waals surface area (Å²) in [5.74, 6) is 0.109. The number of hydrogen-bond acceptors (Lipinski definition) is 3. The third kappa shape index (κ3) is 2.25. The molecule has 0 bridgehead atoms. The Hall–Kier alpha value is -1.58. The van der Waals surface area contributed by atoms with Gasteiger partial charge in [0.1, 0.15) is 0 Å². The SMILES string of the molecule is Cc1cccc(OC(=O)O)n1. The Morgan fingerprint density at radius 2 is 2.36 bits per heavy atom. The Kier molecular flexibility index (Phi) is 2.06. The van der Waals surface area contributed by atoms with E-state index in [1.807, 2.05) is 0 Å². The quantitative estimate of drug-likeness (QED) is 0.620. The normalized spacial score (nSPS) is 9.18. The maximum Gasteiger partial charge on any atom is 0.512 e. The minimum atomic E-state index is -1.34. The monoisotopic (exact) mass is 153 g/mol. The van der Waals surface area contributed by atoms with Gasteiger partial charge in [0.15, 0.2) is 0 Å². The fraction of sp³-hybridized carbons (Fsp3) is 0.143. The maximum atomic E-state index is 10.0. The topological polar surface area (TPSA) is 59.4 Å². The average Bonchev–Trinajstić information content (AvgIpc) is 1.85. The van der Waals surface area contributed by atoms with Crippen molar-refractivity contribution in [3.8, 4) is 5.88 Å². The summed E-state index contributed by atoms with van der Waals surface area (Å²) in [4.78, 5) is 13.8. The molecule has 0 aliphatic rings. The van der Waals surface area contributed by atoms with Gasteiger partial charge in [0.2, 0.25) is 5.88 Å². The molecule has 0 fully saturated rings. The second-order valence-corrected chi connectivity index (χ2v) is 1.99. The van der Waals surface area contributed by atoms with E-state index in [1.54, 1.807) is 19.1 Å². The van der Waals surface area contributed by atoms with Crippen molar-refractivity contribution < 1.29 is 14.6 Å². The summed E-state index contributed by atoms with van der Waals surface area (Å²) in [5.41, 5.74) is 0.726. The zero-order valence-corrected chi connectivity index (χ0v) is 5.94. The molecule has 0 saturated carbocycles. The number of aryl methyl sites for hydroxylation is 1. The summed E-state index contributed by atoms with van der Waals surface area (Å²) in [6, 6.07) is 4.93. The van der Waals surface area contributed by atoms with E-state index < -0.39 is 6.16 Å². The molecular weight excluding hydrogens is 146 g/mol. The highest BCUT2D eigenvalue weighted by atomic mass is 16.7. The largest absolute Gasteiger partial charge is 0.512 e. The van der Waals surface area contributed by atoms with Gasteiger partial charge in [0.05, 0.1) is 0 Å². The van der Waals surface area contributed by atoms with Gasteiger partial charge in [0, 0.05) is 11.8 Å². The van der Waals surface area contributed by atoms with Crippen molar-refractivity contribution in [1.82, 2.24) is 4.98 Å². The molecule has 1 rings (SSSR count). The van der Waals surface area contributed by atoms with Gasteiger partial charge in [-0.25, -0.2) is 9.78 Å². The molecule has 1 heterocycles. The van der Waals surface area contributed by atoms with Crippen LogP contribution in [-0.2, 0) is 0 Å². The molecule has 1 N–H and O–H groups in total. The standard InChI is InChI=1S/C7H7NO3/c1-5-3-2-4-6(8-5)11-7(9)10/h2-4H,1H3,(H,9,10). The molecule has 4 nitrogen and oxygen atoms in total. The third-order valence-corrected chi connectivity index (χ3v) is 1.05. The van der Waals surface area contributed by atoms with Gasteiger partial charge in [-0.3, -0.25) is 0 Å². The minimum absolute atomic E-state index is 0.109. The van der Waals surface area contributed by atoms with Crippen molar-refractivity contribution >= 4 is 6.16 Å². The fourth-order valence-corrected chi connectivity index (χ4v) is 0.664. The maximum absolute atomic E-state index is 10.0. The molecule has 58 valence electrons. The van der Waals surface area contributed by atoms with Gasteiger partial charge in [-0.2, -0.15) is 0 Å². The molecule has 0 spiro atoms. The van der Waals surface area contributed by atoms with Crippen LogP contribution >= 0.6 is 0 Å². The molecule has 11 heavy (non-hydrogen) atoms. The van der Waals surface area contributed by atoms with E-state index in [4.69, 9.17) is 5.11 Å². The Labute approximate surface area is 63.5 Å². The average molecular weight is 153 g/mol. The Morgan fingerprint density at radius 3 is 2.91 bits per heavy atom. The van der Waals surface area contributed by atoms with E-state index >= 15 is 0 Å². The number of ether oxygens (including phenoxy) is 1. The molecule has 0 aliphatic heterocycles. The molecule has 0 amide bonds. The van der Waals surface area contributed by atoms with E-state index in [9.17, 15) is 4.79 Å². The van der Waals surface area contributed by atoms with Crippen molar-refractivity contribution in [3.05, 3.63) is 23.9 Å². The van der Waals surface area contributed by atoms with Crippen LogP contribution < -0.4 is 4.74 Å². The Bertz CT molecular complexity index is 272. The number of aromatic nitrogens is 1. The van der Waals surface area contributed by atoms with Crippen molar-refractivity contribution in [2.45, 2.75) is 6.92 Å². The van der Waals surface area contributed by atoms with Gasteiger partial charge in [-0.1, -0.05) is 6.07 Å². The molecular formula is C7H7NO3. The van der Waals surface area contributed by atoms with Crippen LogP contribution in [0.3, 0.4) is 0 Å². The number of rotatable bonds is 1. The van der Waals surface area contributed by atoms with Crippen LogP contribution in [0.25, 0.3) is 0 Å². The van der Waals surface area contributed by atoms with Crippen molar-refractivity contribution in [1.29, 1.82) is 0 Å².